The van der Waals surface area contributed by atoms with E-state index >= 15 is 0 Å². The molecule has 19 heavy (non-hydrogen) atoms. The Hall–Kier alpha value is -1.86. The van der Waals surface area contributed by atoms with Crippen LogP contribution in [0.5, 0.6) is 5.75 Å². The fourth-order valence-corrected chi connectivity index (χ4v) is 1.38. The molecule has 0 spiro atoms. The summed E-state index contributed by atoms with van der Waals surface area (Å²) in [6, 6.07) is 0.968. The van der Waals surface area contributed by atoms with Crippen molar-refractivity contribution in [2.75, 3.05) is 20.3 Å². The molecule has 0 aliphatic rings. The second kappa shape index (κ2) is 7.55. The zero-order chi connectivity index (χ0) is 14.3. The highest BCUT2D eigenvalue weighted by atomic mass is 16.5. The van der Waals surface area contributed by atoms with Gasteiger partial charge in [-0.2, -0.15) is 0 Å². The Morgan fingerprint density at radius 1 is 1.58 bits per heavy atom. The third kappa shape index (κ3) is 5.11. The predicted molar refractivity (Wildman–Crippen MR) is 65.9 cm³/mol. The van der Waals surface area contributed by atoms with Gasteiger partial charge in [-0.25, -0.2) is 0 Å². The van der Waals surface area contributed by atoms with Gasteiger partial charge in [-0.3, -0.25) is 9.59 Å². The third-order valence-corrected chi connectivity index (χ3v) is 2.19. The zero-order valence-electron chi connectivity index (χ0n) is 10.8. The maximum atomic E-state index is 11.5. The maximum Gasteiger partial charge on any atom is 0.258 e. The molecule has 2 N–H and O–H groups in total. The summed E-state index contributed by atoms with van der Waals surface area (Å²) in [6.07, 6.45) is 1.07. The Kier molecular flexibility index (Phi) is 6.04. The Morgan fingerprint density at radius 3 is 2.89 bits per heavy atom. The minimum Gasteiger partial charge on any atom is -0.477 e. The van der Waals surface area contributed by atoms with Gasteiger partial charge in [0.15, 0.2) is 6.61 Å². The summed E-state index contributed by atoms with van der Waals surface area (Å²) in [7, 11) is 1.53. The fourth-order valence-electron chi connectivity index (χ4n) is 1.38. The van der Waals surface area contributed by atoms with Gasteiger partial charge < -0.3 is 24.3 Å². The first-order chi connectivity index (χ1) is 9.06. The molecule has 106 valence electrons. The van der Waals surface area contributed by atoms with E-state index in [0.29, 0.717) is 6.61 Å². The summed E-state index contributed by atoms with van der Waals surface area (Å²) in [5.74, 6) is -0.308. The van der Waals surface area contributed by atoms with Crippen LogP contribution in [-0.4, -0.2) is 37.4 Å². The summed E-state index contributed by atoms with van der Waals surface area (Å²) >= 11 is 0. The Balaban J connectivity index is 2.48. The van der Waals surface area contributed by atoms with Gasteiger partial charge >= 0.3 is 0 Å². The number of hydrogen-bond donors (Lipinski definition) is 2. The van der Waals surface area contributed by atoms with Crippen LogP contribution in [0.3, 0.4) is 0 Å². The first kappa shape index (κ1) is 15.2. The number of aliphatic hydroxyl groups is 1. The SMILES string of the molecule is COCC(C)NC(=O)COc1coc(CO)cc1=O. The van der Waals surface area contributed by atoms with Crippen LogP contribution in [0.25, 0.3) is 0 Å². The normalized spacial score (nSPS) is 11.9. The maximum absolute atomic E-state index is 11.5. The van der Waals surface area contributed by atoms with Crippen molar-refractivity contribution in [2.45, 2.75) is 19.6 Å². The Bertz CT molecular complexity index is 470. The number of hydrogen-bond acceptors (Lipinski definition) is 6. The molecule has 0 fully saturated rings. The molecule has 0 bridgehead atoms. The van der Waals surface area contributed by atoms with Crippen molar-refractivity contribution in [1.82, 2.24) is 5.32 Å². The number of nitrogens with one attached hydrogen (secondary N) is 1. The van der Waals surface area contributed by atoms with E-state index in [2.05, 4.69) is 5.32 Å². The van der Waals surface area contributed by atoms with E-state index in [4.69, 9.17) is 19.0 Å². The lowest BCUT2D eigenvalue weighted by atomic mass is 10.3. The molecule has 0 aromatic carbocycles. The number of amides is 1. The second-order valence-electron chi connectivity index (χ2n) is 3.95. The molecule has 1 atom stereocenters. The van der Waals surface area contributed by atoms with Crippen molar-refractivity contribution >= 4 is 5.91 Å². The molecular formula is C12H17NO6. The van der Waals surface area contributed by atoms with Gasteiger partial charge in [0.2, 0.25) is 11.2 Å². The number of aliphatic hydroxyl groups excluding tert-OH is 1. The van der Waals surface area contributed by atoms with Crippen molar-refractivity contribution in [3.63, 3.8) is 0 Å². The number of carbonyl (C=O) groups excluding carboxylic acids is 1. The molecule has 7 heteroatoms. The highest BCUT2D eigenvalue weighted by molar-refractivity contribution is 5.77. The van der Waals surface area contributed by atoms with Crippen LogP contribution in [-0.2, 0) is 16.1 Å². The first-order valence-corrected chi connectivity index (χ1v) is 5.70. The van der Waals surface area contributed by atoms with Crippen LogP contribution in [0.1, 0.15) is 12.7 Å². The van der Waals surface area contributed by atoms with Crippen LogP contribution in [0, 0.1) is 0 Å². The summed E-state index contributed by atoms with van der Waals surface area (Å²) in [5.41, 5.74) is -0.451. The van der Waals surface area contributed by atoms with Crippen LogP contribution in [0.4, 0.5) is 0 Å². The molecule has 0 saturated carbocycles. The number of ether oxygens (including phenoxy) is 2. The second-order valence-corrected chi connectivity index (χ2v) is 3.95. The summed E-state index contributed by atoms with van der Waals surface area (Å²) in [4.78, 5) is 23.0. The van der Waals surface area contributed by atoms with Crippen LogP contribution < -0.4 is 15.5 Å². The van der Waals surface area contributed by atoms with E-state index in [1.165, 1.54) is 7.11 Å². The molecule has 1 aromatic rings. The van der Waals surface area contributed by atoms with E-state index in [-0.39, 0.29) is 36.7 Å². The van der Waals surface area contributed by atoms with Crippen molar-refractivity contribution in [3.8, 4) is 5.75 Å². The Morgan fingerprint density at radius 2 is 2.32 bits per heavy atom. The topological polar surface area (TPSA) is 98.0 Å². The number of carbonyl (C=O) groups is 1. The predicted octanol–water partition coefficient (Wildman–Crippen LogP) is -0.338. The standard InChI is InChI=1S/C12H17NO6/c1-8(5-17-2)13-12(16)7-19-11-6-18-9(4-14)3-10(11)15/h3,6,8,14H,4-5,7H2,1-2H3,(H,13,16). The number of rotatable bonds is 7. The van der Waals surface area contributed by atoms with Gasteiger partial charge in [0.05, 0.1) is 6.61 Å². The molecule has 0 saturated heterocycles. The molecule has 1 heterocycles. The van der Waals surface area contributed by atoms with E-state index in [1.807, 2.05) is 0 Å². The molecule has 1 amide bonds. The minimum atomic E-state index is -0.451. The van der Waals surface area contributed by atoms with Crippen molar-refractivity contribution in [1.29, 1.82) is 0 Å². The highest BCUT2D eigenvalue weighted by Gasteiger charge is 2.10. The van der Waals surface area contributed by atoms with Gasteiger partial charge in [-0.1, -0.05) is 0 Å². The largest absolute Gasteiger partial charge is 0.477 e. The third-order valence-electron chi connectivity index (χ3n) is 2.19. The molecule has 1 rings (SSSR count). The molecule has 0 aliphatic carbocycles. The van der Waals surface area contributed by atoms with E-state index < -0.39 is 5.43 Å². The van der Waals surface area contributed by atoms with Crippen molar-refractivity contribution < 1.29 is 23.8 Å². The lowest BCUT2D eigenvalue weighted by molar-refractivity contribution is -0.124. The number of methoxy groups -OCH3 is 1. The lowest BCUT2D eigenvalue weighted by Crippen LogP contribution is -2.38. The molecule has 0 radical (unpaired) electrons. The summed E-state index contributed by atoms with van der Waals surface area (Å²) < 4.78 is 14.8. The molecule has 1 aromatic heterocycles. The van der Waals surface area contributed by atoms with Crippen LogP contribution in [0.2, 0.25) is 0 Å². The minimum absolute atomic E-state index is 0.0771. The Labute approximate surface area is 110 Å². The molecule has 0 aliphatic heterocycles. The van der Waals surface area contributed by atoms with Gasteiger partial charge in [0, 0.05) is 19.2 Å². The first-order valence-electron chi connectivity index (χ1n) is 5.70. The highest BCUT2D eigenvalue weighted by Crippen LogP contribution is 2.05. The monoisotopic (exact) mass is 271 g/mol. The van der Waals surface area contributed by atoms with Gasteiger partial charge in [0.1, 0.15) is 18.6 Å². The average Bonchev–Trinajstić information content (AvgIpc) is 2.37. The van der Waals surface area contributed by atoms with E-state index in [1.54, 1.807) is 6.92 Å². The van der Waals surface area contributed by atoms with Gasteiger partial charge in [-0.05, 0) is 6.92 Å². The van der Waals surface area contributed by atoms with Gasteiger partial charge in [-0.15, -0.1) is 0 Å². The summed E-state index contributed by atoms with van der Waals surface area (Å²) in [5, 5.41) is 11.4. The van der Waals surface area contributed by atoms with E-state index in [0.717, 1.165) is 12.3 Å². The fraction of sp³-hybridized carbons (Fsp3) is 0.500. The van der Waals surface area contributed by atoms with E-state index in [9.17, 15) is 9.59 Å². The van der Waals surface area contributed by atoms with Crippen LogP contribution in [0.15, 0.2) is 21.5 Å². The molecular weight excluding hydrogens is 254 g/mol. The van der Waals surface area contributed by atoms with Crippen molar-refractivity contribution in [2.24, 2.45) is 0 Å². The quantitative estimate of drug-likeness (QED) is 0.704. The van der Waals surface area contributed by atoms with Crippen LogP contribution >= 0.6 is 0 Å². The zero-order valence-corrected chi connectivity index (χ0v) is 10.8. The molecule has 1 unspecified atom stereocenters. The molecule has 7 nitrogen and oxygen atoms in total. The lowest BCUT2D eigenvalue weighted by Gasteiger charge is -2.12. The average molecular weight is 271 g/mol. The van der Waals surface area contributed by atoms with Crippen molar-refractivity contribution in [3.05, 3.63) is 28.3 Å². The smallest absolute Gasteiger partial charge is 0.258 e. The summed E-state index contributed by atoms with van der Waals surface area (Å²) in [6.45, 7) is 1.51. The van der Waals surface area contributed by atoms with Gasteiger partial charge in [0.25, 0.3) is 5.91 Å².